The van der Waals surface area contributed by atoms with Crippen molar-refractivity contribution in [2.75, 3.05) is 13.7 Å². The molecule has 1 N–H and O–H groups in total. The minimum Gasteiger partial charge on any atom is -0.493 e. The van der Waals surface area contributed by atoms with Gasteiger partial charge in [-0.25, -0.2) is 0 Å². The maximum atomic E-state index is 11.6. The number of carbonyl (C=O) groups excluding carboxylic acids is 1. The number of carbonyl (C=O) groups is 1. The highest BCUT2D eigenvalue weighted by Crippen LogP contribution is 2.25. The molecule has 0 bridgehead atoms. The van der Waals surface area contributed by atoms with Crippen LogP contribution in [0.25, 0.3) is 0 Å². The molecule has 0 saturated carbocycles. The van der Waals surface area contributed by atoms with Gasteiger partial charge >= 0.3 is 0 Å². The Morgan fingerprint density at radius 1 is 1.35 bits per heavy atom. The van der Waals surface area contributed by atoms with Gasteiger partial charge in [0.2, 0.25) is 5.89 Å². The van der Waals surface area contributed by atoms with Crippen molar-refractivity contribution in [1.82, 2.24) is 15.5 Å². The van der Waals surface area contributed by atoms with Crippen molar-refractivity contribution in [3.05, 3.63) is 36.0 Å². The Bertz CT molecular complexity index is 583. The van der Waals surface area contributed by atoms with E-state index in [-0.39, 0.29) is 19.1 Å². The highest BCUT2D eigenvalue weighted by Gasteiger charge is 2.08. The number of nitrogens with one attached hydrogen (secondary N) is 1. The zero-order valence-corrected chi connectivity index (χ0v) is 11.3. The summed E-state index contributed by atoms with van der Waals surface area (Å²) in [6.07, 6.45) is 0. The Kier molecular flexibility index (Phi) is 4.54. The summed E-state index contributed by atoms with van der Waals surface area (Å²) in [5, 5.41) is 6.24. The molecule has 0 atom stereocenters. The summed E-state index contributed by atoms with van der Waals surface area (Å²) >= 11 is 0. The highest BCUT2D eigenvalue weighted by atomic mass is 16.5. The van der Waals surface area contributed by atoms with Gasteiger partial charge in [-0.05, 0) is 19.1 Å². The van der Waals surface area contributed by atoms with Crippen LogP contribution in [0.5, 0.6) is 11.5 Å². The summed E-state index contributed by atoms with van der Waals surface area (Å²) < 4.78 is 15.4. The molecule has 2 aromatic rings. The summed E-state index contributed by atoms with van der Waals surface area (Å²) in [5.74, 6) is 1.69. The molecule has 2 rings (SSSR count). The van der Waals surface area contributed by atoms with Crippen LogP contribution >= 0.6 is 0 Å². The molecule has 7 heteroatoms. The number of nitrogens with zero attached hydrogens (tertiary/aromatic N) is 2. The summed E-state index contributed by atoms with van der Waals surface area (Å²) in [6.45, 7) is 1.77. The third kappa shape index (κ3) is 3.71. The standard InChI is InChI=1S/C13H15N3O4/c1-9-15-13(20-16-9)7-14-12(17)8-19-11-6-4-3-5-10(11)18-2/h3-6H,7-8H2,1-2H3,(H,14,17). The average molecular weight is 277 g/mol. The van der Waals surface area contributed by atoms with Crippen LogP contribution in [-0.2, 0) is 11.3 Å². The van der Waals surface area contributed by atoms with E-state index in [1.54, 1.807) is 32.2 Å². The lowest BCUT2D eigenvalue weighted by molar-refractivity contribution is -0.123. The van der Waals surface area contributed by atoms with Crippen molar-refractivity contribution in [3.8, 4) is 11.5 Å². The molecule has 0 fully saturated rings. The maximum Gasteiger partial charge on any atom is 0.258 e. The fourth-order valence-electron chi connectivity index (χ4n) is 1.52. The van der Waals surface area contributed by atoms with E-state index in [0.717, 1.165) is 0 Å². The number of methoxy groups -OCH3 is 1. The predicted molar refractivity (Wildman–Crippen MR) is 69.4 cm³/mol. The minimum atomic E-state index is -0.285. The minimum absolute atomic E-state index is 0.118. The van der Waals surface area contributed by atoms with Gasteiger partial charge in [-0.2, -0.15) is 4.98 Å². The van der Waals surface area contributed by atoms with E-state index in [1.807, 2.05) is 6.07 Å². The van der Waals surface area contributed by atoms with Gasteiger partial charge in [-0.1, -0.05) is 17.3 Å². The van der Waals surface area contributed by atoms with Crippen LogP contribution in [0.3, 0.4) is 0 Å². The first kappa shape index (κ1) is 13.9. The van der Waals surface area contributed by atoms with Crippen LogP contribution in [0.4, 0.5) is 0 Å². The molecule has 106 valence electrons. The molecule has 20 heavy (non-hydrogen) atoms. The summed E-state index contributed by atoms with van der Waals surface area (Å²) in [6, 6.07) is 7.11. The Balaban J connectivity index is 1.80. The maximum absolute atomic E-state index is 11.6. The molecule has 0 unspecified atom stereocenters. The number of aromatic nitrogens is 2. The smallest absolute Gasteiger partial charge is 0.258 e. The first-order valence-corrected chi connectivity index (χ1v) is 6.00. The Morgan fingerprint density at radius 3 is 2.75 bits per heavy atom. The Morgan fingerprint density at radius 2 is 2.10 bits per heavy atom. The topological polar surface area (TPSA) is 86.5 Å². The van der Waals surface area contributed by atoms with Crippen LogP contribution in [-0.4, -0.2) is 29.8 Å². The second-order valence-corrected chi connectivity index (χ2v) is 3.95. The Hall–Kier alpha value is -2.57. The molecule has 1 aromatic heterocycles. The zero-order valence-electron chi connectivity index (χ0n) is 11.3. The van der Waals surface area contributed by atoms with Crippen molar-refractivity contribution in [1.29, 1.82) is 0 Å². The van der Waals surface area contributed by atoms with Gasteiger partial charge in [0.1, 0.15) is 0 Å². The van der Waals surface area contributed by atoms with Gasteiger partial charge in [0.15, 0.2) is 23.9 Å². The molecule has 1 aromatic carbocycles. The SMILES string of the molecule is COc1ccccc1OCC(=O)NCc1nc(C)no1. The normalized spacial score (nSPS) is 10.1. The molecule has 1 amide bonds. The van der Waals surface area contributed by atoms with Gasteiger partial charge in [-0.15, -0.1) is 0 Å². The molecule has 0 radical (unpaired) electrons. The molecular weight excluding hydrogens is 262 g/mol. The van der Waals surface area contributed by atoms with Gasteiger partial charge in [0, 0.05) is 0 Å². The van der Waals surface area contributed by atoms with Gasteiger partial charge in [0.05, 0.1) is 13.7 Å². The van der Waals surface area contributed by atoms with Crippen molar-refractivity contribution < 1.29 is 18.8 Å². The summed E-state index contributed by atoms with van der Waals surface area (Å²) in [4.78, 5) is 15.6. The van der Waals surface area contributed by atoms with Crippen LogP contribution in [0.2, 0.25) is 0 Å². The number of ether oxygens (including phenoxy) is 2. The van der Waals surface area contributed by atoms with E-state index >= 15 is 0 Å². The highest BCUT2D eigenvalue weighted by molar-refractivity contribution is 5.77. The van der Waals surface area contributed by atoms with Crippen LogP contribution in [0, 0.1) is 6.92 Å². The second-order valence-electron chi connectivity index (χ2n) is 3.95. The molecule has 7 nitrogen and oxygen atoms in total. The number of benzene rings is 1. The average Bonchev–Trinajstić information content (AvgIpc) is 2.89. The molecule has 0 aliphatic heterocycles. The van der Waals surface area contributed by atoms with Gasteiger partial charge in [-0.3, -0.25) is 4.79 Å². The number of hydrogen-bond acceptors (Lipinski definition) is 6. The first-order chi connectivity index (χ1) is 9.69. The molecule has 1 heterocycles. The largest absolute Gasteiger partial charge is 0.493 e. The molecular formula is C13H15N3O4. The zero-order chi connectivity index (χ0) is 14.4. The van der Waals surface area contributed by atoms with Crippen molar-refractivity contribution in [3.63, 3.8) is 0 Å². The molecule has 0 saturated heterocycles. The lowest BCUT2D eigenvalue weighted by atomic mass is 10.3. The number of amides is 1. The van der Waals surface area contributed by atoms with Crippen LogP contribution in [0.1, 0.15) is 11.7 Å². The molecule has 0 aliphatic rings. The van der Waals surface area contributed by atoms with Crippen LogP contribution in [0.15, 0.2) is 28.8 Å². The quantitative estimate of drug-likeness (QED) is 0.850. The van der Waals surface area contributed by atoms with Crippen molar-refractivity contribution in [2.45, 2.75) is 13.5 Å². The number of para-hydroxylation sites is 2. The predicted octanol–water partition coefficient (Wildman–Crippen LogP) is 1.08. The molecule has 0 aliphatic carbocycles. The lowest BCUT2D eigenvalue weighted by Gasteiger charge is -2.09. The van der Waals surface area contributed by atoms with Crippen LogP contribution < -0.4 is 14.8 Å². The molecule has 0 spiro atoms. The number of rotatable bonds is 6. The van der Waals surface area contributed by atoms with E-state index in [1.165, 1.54) is 0 Å². The monoisotopic (exact) mass is 277 g/mol. The van der Waals surface area contributed by atoms with Gasteiger partial charge in [0.25, 0.3) is 5.91 Å². The summed E-state index contributed by atoms with van der Waals surface area (Å²) in [5.41, 5.74) is 0. The number of aryl methyl sites for hydroxylation is 1. The third-order valence-electron chi connectivity index (χ3n) is 2.43. The van der Waals surface area contributed by atoms with Crippen molar-refractivity contribution >= 4 is 5.91 Å². The number of hydrogen-bond donors (Lipinski definition) is 1. The van der Waals surface area contributed by atoms with E-state index in [0.29, 0.717) is 23.2 Å². The second kappa shape index (κ2) is 6.55. The van der Waals surface area contributed by atoms with E-state index in [2.05, 4.69) is 15.5 Å². The van der Waals surface area contributed by atoms with E-state index < -0.39 is 0 Å². The third-order valence-corrected chi connectivity index (χ3v) is 2.43. The van der Waals surface area contributed by atoms with Crippen molar-refractivity contribution in [2.24, 2.45) is 0 Å². The Labute approximate surface area is 115 Å². The van der Waals surface area contributed by atoms with E-state index in [4.69, 9.17) is 14.0 Å². The van der Waals surface area contributed by atoms with Gasteiger partial charge < -0.3 is 19.3 Å². The van der Waals surface area contributed by atoms with E-state index in [9.17, 15) is 4.79 Å². The fraction of sp³-hybridized carbons (Fsp3) is 0.308. The lowest BCUT2D eigenvalue weighted by Crippen LogP contribution is -2.28. The fourth-order valence-corrected chi connectivity index (χ4v) is 1.52. The summed E-state index contributed by atoms with van der Waals surface area (Å²) in [7, 11) is 1.54. The first-order valence-electron chi connectivity index (χ1n) is 6.00.